The summed E-state index contributed by atoms with van der Waals surface area (Å²) in [5.41, 5.74) is 1.08. The highest BCUT2D eigenvalue weighted by Crippen LogP contribution is 2.27. The van der Waals surface area contributed by atoms with Gasteiger partial charge in [0.05, 0.1) is 0 Å². The van der Waals surface area contributed by atoms with Crippen molar-refractivity contribution < 1.29 is 0 Å². The quantitative estimate of drug-likeness (QED) is 0.822. The molecule has 1 heterocycles. The highest BCUT2D eigenvalue weighted by atomic mass is 15.2. The fourth-order valence-corrected chi connectivity index (χ4v) is 2.27. The first kappa shape index (κ1) is 14.1. The molecule has 1 aliphatic carbocycles. The van der Waals surface area contributed by atoms with E-state index in [1.165, 1.54) is 12.8 Å². The minimum atomic E-state index is 0.514. The van der Waals surface area contributed by atoms with Crippen LogP contribution in [-0.2, 0) is 0 Å². The van der Waals surface area contributed by atoms with Gasteiger partial charge in [0.15, 0.2) is 0 Å². The van der Waals surface area contributed by atoms with Gasteiger partial charge in [-0.1, -0.05) is 0 Å². The van der Waals surface area contributed by atoms with E-state index < -0.39 is 0 Å². The maximum absolute atomic E-state index is 4.49. The third kappa shape index (κ3) is 3.35. The number of anilines is 2. The molecule has 5 heteroatoms. The summed E-state index contributed by atoms with van der Waals surface area (Å²) in [7, 11) is 4.10. The highest BCUT2D eigenvalue weighted by Gasteiger charge is 2.29. The molecule has 2 N–H and O–H groups in total. The van der Waals surface area contributed by atoms with Crippen molar-refractivity contribution in [3.8, 4) is 0 Å². The summed E-state index contributed by atoms with van der Waals surface area (Å²) in [5.74, 6) is 2.63. The SMILES string of the molecule is CNc1nc(C)nc(NCC(C)N(C)C2CC2)c1C. The Morgan fingerprint density at radius 1 is 1.26 bits per heavy atom. The molecule has 0 amide bonds. The maximum Gasteiger partial charge on any atom is 0.134 e. The predicted octanol–water partition coefficient (Wildman–Crippen LogP) is 2.03. The van der Waals surface area contributed by atoms with Gasteiger partial charge in [0.1, 0.15) is 17.5 Å². The van der Waals surface area contributed by atoms with Crippen LogP contribution in [0.15, 0.2) is 0 Å². The molecule has 1 atom stereocenters. The average molecular weight is 263 g/mol. The summed E-state index contributed by atoms with van der Waals surface area (Å²) in [6.07, 6.45) is 2.69. The van der Waals surface area contributed by atoms with Gasteiger partial charge in [-0.2, -0.15) is 0 Å². The van der Waals surface area contributed by atoms with Gasteiger partial charge in [-0.3, -0.25) is 4.90 Å². The molecule has 1 aliphatic rings. The highest BCUT2D eigenvalue weighted by molar-refractivity contribution is 5.56. The largest absolute Gasteiger partial charge is 0.373 e. The molecular weight excluding hydrogens is 238 g/mol. The molecule has 0 aliphatic heterocycles. The summed E-state index contributed by atoms with van der Waals surface area (Å²) < 4.78 is 0. The van der Waals surface area contributed by atoms with Crippen LogP contribution in [-0.4, -0.2) is 47.6 Å². The smallest absolute Gasteiger partial charge is 0.134 e. The lowest BCUT2D eigenvalue weighted by atomic mass is 10.2. The normalized spacial score (nSPS) is 16.5. The first-order valence-corrected chi connectivity index (χ1v) is 7.01. The lowest BCUT2D eigenvalue weighted by Gasteiger charge is -2.25. The van der Waals surface area contributed by atoms with Gasteiger partial charge < -0.3 is 10.6 Å². The molecule has 1 unspecified atom stereocenters. The van der Waals surface area contributed by atoms with Crippen molar-refractivity contribution in [2.45, 2.75) is 45.7 Å². The second kappa shape index (κ2) is 5.74. The molecule has 0 bridgehead atoms. The fraction of sp³-hybridized carbons (Fsp3) is 0.714. The van der Waals surface area contributed by atoms with Crippen molar-refractivity contribution in [1.29, 1.82) is 0 Å². The van der Waals surface area contributed by atoms with Crippen LogP contribution in [0.25, 0.3) is 0 Å². The Bertz CT molecular complexity index is 442. The fourth-order valence-electron chi connectivity index (χ4n) is 2.27. The first-order valence-electron chi connectivity index (χ1n) is 7.01. The molecule has 5 nitrogen and oxygen atoms in total. The molecule has 1 aromatic rings. The van der Waals surface area contributed by atoms with E-state index in [2.05, 4.69) is 39.5 Å². The molecule has 2 rings (SSSR count). The number of likely N-dealkylation sites (N-methyl/N-ethyl adjacent to an activating group) is 1. The van der Waals surface area contributed by atoms with E-state index in [0.29, 0.717) is 6.04 Å². The van der Waals surface area contributed by atoms with Crippen LogP contribution in [0.1, 0.15) is 31.2 Å². The molecule has 0 spiro atoms. The second-order valence-corrected chi connectivity index (χ2v) is 5.47. The van der Waals surface area contributed by atoms with Crippen LogP contribution in [0.3, 0.4) is 0 Å². The van der Waals surface area contributed by atoms with Gasteiger partial charge in [0.2, 0.25) is 0 Å². The monoisotopic (exact) mass is 263 g/mol. The molecular formula is C14H25N5. The Morgan fingerprint density at radius 2 is 1.89 bits per heavy atom. The molecule has 0 saturated heterocycles. The molecule has 1 saturated carbocycles. The van der Waals surface area contributed by atoms with Crippen LogP contribution in [0.4, 0.5) is 11.6 Å². The summed E-state index contributed by atoms with van der Waals surface area (Å²) in [6, 6.07) is 1.30. The van der Waals surface area contributed by atoms with Crippen molar-refractivity contribution in [1.82, 2.24) is 14.9 Å². The maximum atomic E-state index is 4.49. The third-order valence-electron chi connectivity index (χ3n) is 3.88. The van der Waals surface area contributed by atoms with Gasteiger partial charge in [-0.05, 0) is 40.7 Å². The third-order valence-corrected chi connectivity index (χ3v) is 3.88. The summed E-state index contributed by atoms with van der Waals surface area (Å²) >= 11 is 0. The standard InChI is InChI=1S/C14H25N5/c1-9(19(5)12-6-7-12)8-16-14-10(2)13(15-4)17-11(3)18-14/h9,12H,6-8H2,1-5H3,(H2,15,16,17,18). The minimum absolute atomic E-state index is 0.514. The van der Waals surface area contributed by atoms with Gasteiger partial charge in [-0.15, -0.1) is 0 Å². The van der Waals surface area contributed by atoms with E-state index in [9.17, 15) is 0 Å². The van der Waals surface area contributed by atoms with Gasteiger partial charge in [-0.25, -0.2) is 9.97 Å². The van der Waals surface area contributed by atoms with E-state index in [0.717, 1.165) is 35.6 Å². The lowest BCUT2D eigenvalue weighted by molar-refractivity contribution is 0.257. The lowest BCUT2D eigenvalue weighted by Crippen LogP contribution is -2.36. The Morgan fingerprint density at radius 3 is 2.47 bits per heavy atom. The van der Waals surface area contributed by atoms with Crippen LogP contribution < -0.4 is 10.6 Å². The van der Waals surface area contributed by atoms with E-state index in [1.807, 2.05) is 20.9 Å². The van der Waals surface area contributed by atoms with Crippen LogP contribution in [0.5, 0.6) is 0 Å². The van der Waals surface area contributed by atoms with Crippen LogP contribution >= 0.6 is 0 Å². The zero-order valence-electron chi connectivity index (χ0n) is 12.6. The van der Waals surface area contributed by atoms with Crippen molar-refractivity contribution in [3.63, 3.8) is 0 Å². The number of hydrogen-bond acceptors (Lipinski definition) is 5. The number of aromatic nitrogens is 2. The number of nitrogens with zero attached hydrogens (tertiary/aromatic N) is 3. The van der Waals surface area contributed by atoms with E-state index in [-0.39, 0.29) is 0 Å². The van der Waals surface area contributed by atoms with E-state index in [1.54, 1.807) is 0 Å². The number of rotatable bonds is 6. The van der Waals surface area contributed by atoms with Crippen molar-refractivity contribution >= 4 is 11.6 Å². The summed E-state index contributed by atoms with van der Waals surface area (Å²) in [6.45, 7) is 7.13. The Labute approximate surface area is 115 Å². The number of nitrogens with one attached hydrogen (secondary N) is 2. The van der Waals surface area contributed by atoms with E-state index >= 15 is 0 Å². The van der Waals surface area contributed by atoms with Crippen molar-refractivity contribution in [2.24, 2.45) is 0 Å². The predicted molar refractivity (Wildman–Crippen MR) is 79.8 cm³/mol. The Balaban J connectivity index is 2.00. The summed E-state index contributed by atoms with van der Waals surface area (Å²) in [4.78, 5) is 11.3. The average Bonchev–Trinajstić information content (AvgIpc) is 3.22. The molecule has 0 aromatic carbocycles. The number of hydrogen-bond donors (Lipinski definition) is 2. The first-order chi connectivity index (χ1) is 9.02. The topological polar surface area (TPSA) is 53.1 Å². The molecule has 1 aromatic heterocycles. The zero-order valence-corrected chi connectivity index (χ0v) is 12.6. The van der Waals surface area contributed by atoms with Crippen LogP contribution in [0.2, 0.25) is 0 Å². The van der Waals surface area contributed by atoms with Gasteiger partial charge >= 0.3 is 0 Å². The van der Waals surface area contributed by atoms with E-state index in [4.69, 9.17) is 0 Å². The second-order valence-electron chi connectivity index (χ2n) is 5.47. The van der Waals surface area contributed by atoms with Crippen LogP contribution in [0, 0.1) is 13.8 Å². The molecule has 106 valence electrons. The minimum Gasteiger partial charge on any atom is -0.373 e. The van der Waals surface area contributed by atoms with Gasteiger partial charge in [0.25, 0.3) is 0 Å². The van der Waals surface area contributed by atoms with Crippen molar-refractivity contribution in [2.75, 3.05) is 31.3 Å². The Hall–Kier alpha value is -1.36. The van der Waals surface area contributed by atoms with Gasteiger partial charge in [0, 0.05) is 31.2 Å². The Kier molecular flexibility index (Phi) is 4.24. The van der Waals surface area contributed by atoms with Crippen molar-refractivity contribution in [3.05, 3.63) is 11.4 Å². The summed E-state index contributed by atoms with van der Waals surface area (Å²) in [5, 5.41) is 6.57. The molecule has 19 heavy (non-hydrogen) atoms. The molecule has 1 fully saturated rings. The molecule has 0 radical (unpaired) electrons. The number of aryl methyl sites for hydroxylation is 1. The zero-order chi connectivity index (χ0) is 14.0.